The van der Waals surface area contributed by atoms with Crippen LogP contribution in [0.1, 0.15) is 22.5 Å². The number of carbonyl (C=O) groups is 2. The number of ether oxygens (including phenoxy) is 1. The first kappa shape index (κ1) is 14.5. The van der Waals surface area contributed by atoms with E-state index in [0.29, 0.717) is 25.9 Å². The number of carbonyl (C=O) groups excluding carboxylic acids is 1. The second-order valence-corrected chi connectivity index (χ2v) is 6.76. The van der Waals surface area contributed by atoms with E-state index in [-0.39, 0.29) is 18.6 Å². The second-order valence-electron chi connectivity index (χ2n) is 4.30. The molecule has 0 aromatic carbocycles. The maximum atomic E-state index is 12.2. The fourth-order valence-electron chi connectivity index (χ4n) is 2.00. The molecule has 1 fully saturated rings. The number of halogens is 1. The summed E-state index contributed by atoms with van der Waals surface area (Å²) in [7, 11) is 0. The van der Waals surface area contributed by atoms with Gasteiger partial charge in [0, 0.05) is 13.1 Å². The lowest BCUT2D eigenvalue weighted by Crippen LogP contribution is -2.41. The van der Waals surface area contributed by atoms with E-state index in [4.69, 9.17) is 9.84 Å². The molecule has 0 unspecified atom stereocenters. The van der Waals surface area contributed by atoms with Crippen LogP contribution in [-0.4, -0.2) is 47.7 Å². The van der Waals surface area contributed by atoms with Gasteiger partial charge in [-0.2, -0.15) is 0 Å². The third-order valence-corrected chi connectivity index (χ3v) is 4.57. The third-order valence-electron chi connectivity index (χ3n) is 2.96. The zero-order valence-corrected chi connectivity index (χ0v) is 12.6. The highest BCUT2D eigenvalue weighted by atomic mass is 79.9. The van der Waals surface area contributed by atoms with Crippen molar-refractivity contribution in [1.82, 2.24) is 4.90 Å². The average Bonchev–Trinajstić information content (AvgIpc) is 2.83. The lowest BCUT2D eigenvalue weighted by molar-refractivity contribution is -0.145. The van der Waals surface area contributed by atoms with Crippen LogP contribution in [0.25, 0.3) is 0 Å². The van der Waals surface area contributed by atoms with Gasteiger partial charge in [0.25, 0.3) is 5.91 Å². The lowest BCUT2D eigenvalue weighted by atomic mass is 10.1. The largest absolute Gasteiger partial charge is 0.480 e. The minimum absolute atomic E-state index is 0.0346. The van der Waals surface area contributed by atoms with Crippen molar-refractivity contribution in [2.24, 2.45) is 0 Å². The summed E-state index contributed by atoms with van der Waals surface area (Å²) in [4.78, 5) is 25.1. The molecule has 0 aliphatic carbocycles. The number of rotatable bonds is 4. The molecule has 104 valence electrons. The predicted molar refractivity (Wildman–Crippen MR) is 74.5 cm³/mol. The minimum Gasteiger partial charge on any atom is -0.480 e. The molecule has 0 bridgehead atoms. The summed E-state index contributed by atoms with van der Waals surface area (Å²) in [5.74, 6) is -0.922. The summed E-state index contributed by atoms with van der Waals surface area (Å²) in [5.41, 5.74) is 0. The number of thiophene rings is 1. The Morgan fingerprint density at radius 1 is 1.42 bits per heavy atom. The molecule has 0 spiro atoms. The van der Waals surface area contributed by atoms with Crippen molar-refractivity contribution in [1.29, 1.82) is 0 Å². The van der Waals surface area contributed by atoms with Gasteiger partial charge in [-0.1, -0.05) is 0 Å². The number of carboxylic acids is 1. The maximum Gasteiger partial charge on any atom is 0.329 e. The Bertz CT molecular complexity index is 468. The van der Waals surface area contributed by atoms with E-state index >= 15 is 0 Å². The number of hydrogen-bond acceptors (Lipinski definition) is 4. The van der Waals surface area contributed by atoms with Crippen LogP contribution >= 0.6 is 27.3 Å². The van der Waals surface area contributed by atoms with Crippen LogP contribution < -0.4 is 0 Å². The van der Waals surface area contributed by atoms with E-state index < -0.39 is 5.97 Å². The quantitative estimate of drug-likeness (QED) is 0.906. The molecule has 1 aromatic rings. The van der Waals surface area contributed by atoms with Gasteiger partial charge in [0.1, 0.15) is 6.61 Å². The summed E-state index contributed by atoms with van der Waals surface area (Å²) in [5, 5.41) is 8.54. The van der Waals surface area contributed by atoms with Gasteiger partial charge < -0.3 is 14.7 Å². The summed E-state index contributed by atoms with van der Waals surface area (Å²) < 4.78 is 6.18. The van der Waals surface area contributed by atoms with E-state index in [1.807, 2.05) is 12.1 Å². The normalized spacial score (nSPS) is 16.6. The van der Waals surface area contributed by atoms with Crippen molar-refractivity contribution in [3.8, 4) is 0 Å². The number of carboxylic acid groups (broad SMARTS) is 1. The second kappa shape index (κ2) is 6.49. The van der Waals surface area contributed by atoms with Gasteiger partial charge in [-0.15, -0.1) is 11.3 Å². The number of nitrogens with zero attached hydrogens (tertiary/aromatic N) is 1. The first-order valence-corrected chi connectivity index (χ1v) is 7.55. The number of amides is 1. The third kappa shape index (κ3) is 4.02. The molecule has 19 heavy (non-hydrogen) atoms. The fraction of sp³-hybridized carbons (Fsp3) is 0.500. The van der Waals surface area contributed by atoms with E-state index in [1.165, 1.54) is 11.3 Å². The van der Waals surface area contributed by atoms with Crippen LogP contribution in [0.15, 0.2) is 15.9 Å². The molecule has 1 aliphatic rings. The highest BCUT2D eigenvalue weighted by Crippen LogP contribution is 2.24. The highest BCUT2D eigenvalue weighted by molar-refractivity contribution is 9.11. The van der Waals surface area contributed by atoms with Crippen LogP contribution in [0.4, 0.5) is 0 Å². The molecule has 2 rings (SSSR count). The smallest absolute Gasteiger partial charge is 0.329 e. The monoisotopic (exact) mass is 347 g/mol. The lowest BCUT2D eigenvalue weighted by Gasteiger charge is -2.31. The van der Waals surface area contributed by atoms with Crippen LogP contribution in [0.3, 0.4) is 0 Å². The van der Waals surface area contributed by atoms with Crippen molar-refractivity contribution in [3.63, 3.8) is 0 Å². The molecular weight excluding hydrogens is 334 g/mol. The summed E-state index contributed by atoms with van der Waals surface area (Å²) in [6, 6.07) is 3.67. The Morgan fingerprint density at radius 3 is 2.63 bits per heavy atom. The van der Waals surface area contributed by atoms with Gasteiger partial charge in [0.15, 0.2) is 0 Å². The maximum absolute atomic E-state index is 12.2. The molecule has 5 nitrogen and oxygen atoms in total. The van der Waals surface area contributed by atoms with Crippen LogP contribution in [0.5, 0.6) is 0 Å². The molecule has 0 atom stereocenters. The van der Waals surface area contributed by atoms with Crippen molar-refractivity contribution in [3.05, 3.63) is 20.8 Å². The fourth-order valence-corrected chi connectivity index (χ4v) is 3.35. The standard InChI is InChI=1S/C12H14BrNO4S/c13-10-2-1-9(19-10)12(17)14-5-3-8(4-6-14)18-7-11(15)16/h1-2,8H,3-7H2,(H,15,16). The van der Waals surface area contributed by atoms with Gasteiger partial charge in [0.05, 0.1) is 14.8 Å². The molecule has 1 N–H and O–H groups in total. The Hall–Kier alpha value is -0.920. The zero-order chi connectivity index (χ0) is 13.8. The topological polar surface area (TPSA) is 66.8 Å². The Morgan fingerprint density at radius 2 is 2.11 bits per heavy atom. The van der Waals surface area contributed by atoms with Gasteiger partial charge >= 0.3 is 5.97 Å². The molecule has 2 heterocycles. The Balaban J connectivity index is 1.83. The van der Waals surface area contributed by atoms with Crippen molar-refractivity contribution in [2.75, 3.05) is 19.7 Å². The van der Waals surface area contributed by atoms with Crippen molar-refractivity contribution < 1.29 is 19.4 Å². The van der Waals surface area contributed by atoms with Gasteiger partial charge in [-0.05, 0) is 40.9 Å². The molecule has 1 amide bonds. The predicted octanol–water partition coefficient (Wildman–Crippen LogP) is 2.22. The van der Waals surface area contributed by atoms with Crippen LogP contribution in [0.2, 0.25) is 0 Å². The van der Waals surface area contributed by atoms with E-state index in [2.05, 4.69) is 15.9 Å². The van der Waals surface area contributed by atoms with E-state index in [0.717, 1.165) is 8.66 Å². The molecule has 0 radical (unpaired) electrons. The first-order valence-electron chi connectivity index (χ1n) is 5.94. The number of likely N-dealkylation sites (tertiary alicyclic amines) is 1. The molecule has 1 aromatic heterocycles. The average molecular weight is 348 g/mol. The van der Waals surface area contributed by atoms with Gasteiger partial charge in [-0.25, -0.2) is 4.79 Å². The SMILES string of the molecule is O=C(O)COC1CCN(C(=O)c2ccc(Br)s2)CC1. The molecule has 1 saturated heterocycles. The van der Waals surface area contributed by atoms with Crippen LogP contribution in [-0.2, 0) is 9.53 Å². The molecule has 0 saturated carbocycles. The Labute approximate surface area is 123 Å². The van der Waals surface area contributed by atoms with Crippen molar-refractivity contribution in [2.45, 2.75) is 18.9 Å². The van der Waals surface area contributed by atoms with Gasteiger partial charge in [0.2, 0.25) is 0 Å². The van der Waals surface area contributed by atoms with Crippen LogP contribution in [0, 0.1) is 0 Å². The highest BCUT2D eigenvalue weighted by Gasteiger charge is 2.25. The minimum atomic E-state index is -0.957. The number of piperidine rings is 1. The zero-order valence-electron chi connectivity index (χ0n) is 10.2. The summed E-state index contributed by atoms with van der Waals surface area (Å²) in [6.07, 6.45) is 1.31. The summed E-state index contributed by atoms with van der Waals surface area (Å²) >= 11 is 4.76. The van der Waals surface area contributed by atoms with E-state index in [1.54, 1.807) is 4.90 Å². The Kier molecular flexibility index (Phi) is 4.95. The number of hydrogen-bond donors (Lipinski definition) is 1. The van der Waals surface area contributed by atoms with E-state index in [9.17, 15) is 9.59 Å². The molecule has 1 aliphatic heterocycles. The first-order chi connectivity index (χ1) is 9.06. The van der Waals surface area contributed by atoms with Crippen molar-refractivity contribution >= 4 is 39.1 Å². The number of aliphatic carboxylic acids is 1. The molecule has 7 heteroatoms. The molecular formula is C12H14BrNO4S. The van der Waals surface area contributed by atoms with Gasteiger partial charge in [-0.3, -0.25) is 4.79 Å². The summed E-state index contributed by atoms with van der Waals surface area (Å²) in [6.45, 7) is 0.952.